The zero-order chi connectivity index (χ0) is 17.9. The molecular formula is C18H30N6O. The summed E-state index contributed by atoms with van der Waals surface area (Å²) in [4.78, 5) is 27.6. The molecule has 7 heteroatoms. The lowest BCUT2D eigenvalue weighted by Crippen LogP contribution is -2.53. The van der Waals surface area contributed by atoms with Crippen LogP contribution in [0.15, 0.2) is 12.4 Å². The molecule has 0 spiro atoms. The summed E-state index contributed by atoms with van der Waals surface area (Å²) < 4.78 is 0. The Balaban J connectivity index is 1.47. The summed E-state index contributed by atoms with van der Waals surface area (Å²) in [5, 5.41) is 3.14. The first-order valence-electron chi connectivity index (χ1n) is 9.26. The van der Waals surface area contributed by atoms with Crippen molar-refractivity contribution in [3.8, 4) is 0 Å². The van der Waals surface area contributed by atoms with E-state index in [1.807, 2.05) is 11.0 Å². The fraction of sp³-hybridized carbons (Fsp3) is 0.722. The van der Waals surface area contributed by atoms with Gasteiger partial charge in [0.2, 0.25) is 0 Å². The van der Waals surface area contributed by atoms with Gasteiger partial charge in [0.05, 0.1) is 0 Å². The van der Waals surface area contributed by atoms with Gasteiger partial charge in [0.1, 0.15) is 12.1 Å². The molecule has 3 rings (SSSR count). The lowest BCUT2D eigenvalue weighted by atomic mass is 9.90. The first-order chi connectivity index (χ1) is 12.0. The number of piperazine rings is 1. The highest BCUT2D eigenvalue weighted by atomic mass is 16.2. The van der Waals surface area contributed by atoms with E-state index in [1.54, 1.807) is 6.33 Å². The van der Waals surface area contributed by atoms with Gasteiger partial charge in [-0.25, -0.2) is 14.8 Å². The summed E-state index contributed by atoms with van der Waals surface area (Å²) >= 11 is 0. The zero-order valence-corrected chi connectivity index (χ0v) is 15.7. The predicted octanol–water partition coefficient (Wildman–Crippen LogP) is 1.21. The highest BCUT2D eigenvalue weighted by Gasteiger charge is 2.33. The largest absolute Gasteiger partial charge is 0.353 e. The van der Waals surface area contributed by atoms with Gasteiger partial charge >= 0.3 is 6.03 Å². The number of urea groups is 1. The number of nitrogens with one attached hydrogen (secondary N) is 1. The first kappa shape index (κ1) is 17.9. The minimum Gasteiger partial charge on any atom is -0.353 e. The number of anilines is 1. The monoisotopic (exact) mass is 346 g/mol. The van der Waals surface area contributed by atoms with Crippen LogP contribution in [0.2, 0.25) is 0 Å². The van der Waals surface area contributed by atoms with Gasteiger partial charge in [-0.2, -0.15) is 0 Å². The number of aryl methyl sites for hydroxylation is 1. The van der Waals surface area contributed by atoms with E-state index < -0.39 is 0 Å². The summed E-state index contributed by atoms with van der Waals surface area (Å²) in [5.41, 5.74) is 1.25. The van der Waals surface area contributed by atoms with Crippen molar-refractivity contribution in [2.45, 2.75) is 26.7 Å². The SMILES string of the molecule is CCc1cc(N2CCN(C(=O)NCC3(C)CCN(C)C3)CC2)ncn1. The second kappa shape index (κ2) is 7.56. The number of amides is 2. The van der Waals surface area contributed by atoms with Gasteiger partial charge in [-0.1, -0.05) is 13.8 Å². The molecule has 0 bridgehead atoms. The van der Waals surface area contributed by atoms with Crippen LogP contribution >= 0.6 is 0 Å². The molecule has 2 aliphatic heterocycles. The Labute approximate surface area is 150 Å². The predicted molar refractivity (Wildman–Crippen MR) is 98.8 cm³/mol. The zero-order valence-electron chi connectivity index (χ0n) is 15.7. The van der Waals surface area contributed by atoms with E-state index in [0.29, 0.717) is 0 Å². The third-order valence-corrected chi connectivity index (χ3v) is 5.38. The van der Waals surface area contributed by atoms with Crippen molar-refractivity contribution in [2.24, 2.45) is 5.41 Å². The van der Waals surface area contributed by atoms with Gasteiger partial charge in [0.25, 0.3) is 0 Å². The molecule has 1 atom stereocenters. The average Bonchev–Trinajstić information content (AvgIpc) is 2.99. The van der Waals surface area contributed by atoms with Crippen molar-refractivity contribution in [2.75, 3.05) is 57.8 Å². The lowest BCUT2D eigenvalue weighted by molar-refractivity contribution is 0.187. The summed E-state index contributed by atoms with van der Waals surface area (Å²) in [5.74, 6) is 0.966. The van der Waals surface area contributed by atoms with Crippen LogP contribution in [0.5, 0.6) is 0 Å². The van der Waals surface area contributed by atoms with E-state index in [0.717, 1.165) is 70.2 Å². The molecule has 2 saturated heterocycles. The van der Waals surface area contributed by atoms with Crippen LogP contribution in [0.25, 0.3) is 0 Å². The fourth-order valence-corrected chi connectivity index (χ4v) is 3.71. The van der Waals surface area contributed by atoms with Gasteiger partial charge in [-0.05, 0) is 31.8 Å². The molecule has 0 saturated carbocycles. The third kappa shape index (κ3) is 4.39. The molecule has 0 aliphatic carbocycles. The normalized spacial score (nSPS) is 24.6. The maximum absolute atomic E-state index is 12.5. The number of rotatable bonds is 4. The molecular weight excluding hydrogens is 316 g/mol. The summed E-state index contributed by atoms with van der Waals surface area (Å²) in [6.45, 7) is 10.4. The Morgan fingerprint density at radius 3 is 2.64 bits per heavy atom. The number of hydrogen-bond acceptors (Lipinski definition) is 5. The summed E-state index contributed by atoms with van der Waals surface area (Å²) in [7, 11) is 2.14. The number of carbonyl (C=O) groups excluding carboxylic acids is 1. The molecule has 25 heavy (non-hydrogen) atoms. The Morgan fingerprint density at radius 2 is 2.00 bits per heavy atom. The van der Waals surface area contributed by atoms with Crippen LogP contribution in [0.4, 0.5) is 10.6 Å². The van der Waals surface area contributed by atoms with E-state index in [4.69, 9.17) is 0 Å². The molecule has 2 amide bonds. The number of carbonyl (C=O) groups is 1. The molecule has 1 aromatic heterocycles. The molecule has 1 unspecified atom stereocenters. The Bertz CT molecular complexity index is 601. The van der Waals surface area contributed by atoms with E-state index >= 15 is 0 Å². The summed E-state index contributed by atoms with van der Waals surface area (Å²) in [6, 6.07) is 2.11. The van der Waals surface area contributed by atoms with Crippen molar-refractivity contribution >= 4 is 11.8 Å². The second-order valence-corrected chi connectivity index (χ2v) is 7.65. The van der Waals surface area contributed by atoms with Gasteiger partial charge < -0.3 is 20.0 Å². The molecule has 2 fully saturated rings. The molecule has 0 aromatic carbocycles. The number of likely N-dealkylation sites (tertiary alicyclic amines) is 1. The van der Waals surface area contributed by atoms with Crippen molar-refractivity contribution in [3.05, 3.63) is 18.1 Å². The highest BCUT2D eigenvalue weighted by molar-refractivity contribution is 5.74. The van der Waals surface area contributed by atoms with Crippen LogP contribution in [0, 0.1) is 5.41 Å². The molecule has 138 valence electrons. The minimum atomic E-state index is 0.0624. The Kier molecular flexibility index (Phi) is 5.42. The van der Waals surface area contributed by atoms with Gasteiger partial charge in [0.15, 0.2) is 0 Å². The quantitative estimate of drug-likeness (QED) is 0.888. The van der Waals surface area contributed by atoms with Gasteiger partial charge in [0, 0.05) is 51.0 Å². The van der Waals surface area contributed by atoms with Crippen molar-refractivity contribution in [1.82, 2.24) is 25.1 Å². The average molecular weight is 346 g/mol. The topological polar surface area (TPSA) is 64.6 Å². The van der Waals surface area contributed by atoms with E-state index in [9.17, 15) is 4.79 Å². The Hall–Kier alpha value is -1.89. The smallest absolute Gasteiger partial charge is 0.317 e. The minimum absolute atomic E-state index is 0.0624. The van der Waals surface area contributed by atoms with Crippen LogP contribution in [0.1, 0.15) is 26.0 Å². The number of hydrogen-bond donors (Lipinski definition) is 1. The highest BCUT2D eigenvalue weighted by Crippen LogP contribution is 2.27. The van der Waals surface area contributed by atoms with Crippen LogP contribution < -0.4 is 10.2 Å². The lowest BCUT2D eigenvalue weighted by Gasteiger charge is -2.36. The van der Waals surface area contributed by atoms with Crippen LogP contribution in [-0.4, -0.2) is 78.7 Å². The Morgan fingerprint density at radius 1 is 1.24 bits per heavy atom. The van der Waals surface area contributed by atoms with Crippen LogP contribution in [0.3, 0.4) is 0 Å². The van der Waals surface area contributed by atoms with Crippen LogP contribution in [-0.2, 0) is 6.42 Å². The van der Waals surface area contributed by atoms with Crippen molar-refractivity contribution < 1.29 is 4.79 Å². The standard InChI is InChI=1S/C18H30N6O/c1-4-15-11-16(21-14-20-15)23-7-9-24(10-8-23)17(25)19-12-18(2)5-6-22(3)13-18/h11,14H,4-10,12-13H2,1-3H3,(H,19,25). The van der Waals surface area contributed by atoms with Crippen molar-refractivity contribution in [1.29, 1.82) is 0 Å². The van der Waals surface area contributed by atoms with Gasteiger partial charge in [-0.3, -0.25) is 0 Å². The molecule has 3 heterocycles. The second-order valence-electron chi connectivity index (χ2n) is 7.65. The molecule has 7 nitrogen and oxygen atoms in total. The van der Waals surface area contributed by atoms with Crippen molar-refractivity contribution in [3.63, 3.8) is 0 Å². The molecule has 1 N–H and O–H groups in total. The molecule has 1 aromatic rings. The fourth-order valence-electron chi connectivity index (χ4n) is 3.71. The van der Waals surface area contributed by atoms with E-state index in [1.165, 1.54) is 0 Å². The van der Waals surface area contributed by atoms with E-state index in [-0.39, 0.29) is 11.4 Å². The maximum atomic E-state index is 12.5. The molecule has 0 radical (unpaired) electrons. The summed E-state index contributed by atoms with van der Waals surface area (Å²) in [6.07, 6.45) is 3.68. The van der Waals surface area contributed by atoms with E-state index in [2.05, 4.69) is 46.0 Å². The molecule has 2 aliphatic rings. The number of nitrogens with zero attached hydrogens (tertiary/aromatic N) is 5. The maximum Gasteiger partial charge on any atom is 0.317 e. The first-order valence-corrected chi connectivity index (χ1v) is 9.26. The van der Waals surface area contributed by atoms with Gasteiger partial charge in [-0.15, -0.1) is 0 Å². The number of aromatic nitrogens is 2. The third-order valence-electron chi connectivity index (χ3n) is 5.38.